The minimum atomic E-state index is -0.214. The maximum atomic E-state index is 12.6. The summed E-state index contributed by atoms with van der Waals surface area (Å²) in [6.07, 6.45) is 1.69. The number of hydrogen-bond donors (Lipinski definition) is 2. The average Bonchev–Trinajstić information content (AvgIpc) is 2.58. The Morgan fingerprint density at radius 1 is 1.30 bits per heavy atom. The van der Waals surface area contributed by atoms with Gasteiger partial charge in [-0.2, -0.15) is 0 Å². The molecule has 6 nitrogen and oxygen atoms in total. The Morgan fingerprint density at radius 2 is 2.09 bits per heavy atom. The Bertz CT molecular complexity index is 712. The number of benzene rings is 1. The highest BCUT2D eigenvalue weighted by atomic mass is 16.5. The number of phenolic OH excluding ortho intramolecular Hbond substituents is 1. The van der Waals surface area contributed by atoms with Crippen molar-refractivity contribution in [1.82, 2.24) is 4.98 Å². The van der Waals surface area contributed by atoms with Crippen LogP contribution in [0.3, 0.4) is 0 Å². The molecule has 0 aliphatic carbocycles. The lowest BCUT2D eigenvalue weighted by Gasteiger charge is -2.29. The van der Waals surface area contributed by atoms with Gasteiger partial charge in [-0.3, -0.25) is 4.79 Å². The van der Waals surface area contributed by atoms with E-state index >= 15 is 0 Å². The fourth-order valence-corrected chi connectivity index (χ4v) is 2.58. The molecule has 0 unspecified atom stereocenters. The Balaban J connectivity index is 1.84. The smallest absolute Gasteiger partial charge is 0.259 e. The summed E-state index contributed by atoms with van der Waals surface area (Å²) in [5.41, 5.74) is 2.00. The van der Waals surface area contributed by atoms with Gasteiger partial charge in [0.05, 0.1) is 18.8 Å². The number of aromatic hydroxyl groups is 1. The van der Waals surface area contributed by atoms with E-state index < -0.39 is 0 Å². The third-order valence-electron chi connectivity index (χ3n) is 3.80. The van der Waals surface area contributed by atoms with Crippen LogP contribution in [0.2, 0.25) is 0 Å². The molecule has 2 heterocycles. The Hall–Kier alpha value is -2.60. The highest BCUT2D eigenvalue weighted by Gasteiger charge is 2.20. The van der Waals surface area contributed by atoms with E-state index in [1.165, 1.54) is 0 Å². The molecule has 3 rings (SSSR count). The summed E-state index contributed by atoms with van der Waals surface area (Å²) in [6.45, 7) is 4.54. The van der Waals surface area contributed by atoms with Gasteiger partial charge < -0.3 is 20.1 Å². The first-order valence-electron chi connectivity index (χ1n) is 7.54. The Kier molecular flexibility index (Phi) is 4.43. The molecule has 2 aromatic rings. The van der Waals surface area contributed by atoms with Crippen molar-refractivity contribution in [1.29, 1.82) is 0 Å². The molecule has 6 heteroatoms. The van der Waals surface area contributed by atoms with E-state index in [1.807, 2.05) is 6.92 Å². The molecule has 0 bridgehead atoms. The van der Waals surface area contributed by atoms with E-state index in [4.69, 9.17) is 4.74 Å². The van der Waals surface area contributed by atoms with Gasteiger partial charge in [0.2, 0.25) is 0 Å². The minimum absolute atomic E-state index is 0.177. The second kappa shape index (κ2) is 6.66. The number of aryl methyl sites for hydroxylation is 1. The summed E-state index contributed by atoms with van der Waals surface area (Å²) in [5.74, 6) is 0.633. The molecule has 1 fully saturated rings. The highest BCUT2D eigenvalue weighted by Crippen LogP contribution is 2.23. The van der Waals surface area contributed by atoms with Crippen molar-refractivity contribution in [3.8, 4) is 5.75 Å². The number of phenols is 1. The molecule has 0 radical (unpaired) electrons. The molecule has 120 valence electrons. The predicted molar refractivity (Wildman–Crippen MR) is 88.1 cm³/mol. The van der Waals surface area contributed by atoms with Gasteiger partial charge in [-0.05, 0) is 42.8 Å². The summed E-state index contributed by atoms with van der Waals surface area (Å²) in [6, 6.07) is 8.37. The topological polar surface area (TPSA) is 74.7 Å². The number of carbonyl (C=O) groups is 1. The van der Waals surface area contributed by atoms with Crippen LogP contribution in [0.1, 0.15) is 15.9 Å². The number of hydrogen-bond acceptors (Lipinski definition) is 5. The molecule has 1 saturated heterocycles. The minimum Gasteiger partial charge on any atom is -0.508 e. The molecular weight excluding hydrogens is 294 g/mol. The van der Waals surface area contributed by atoms with Gasteiger partial charge in [-0.15, -0.1) is 0 Å². The maximum Gasteiger partial charge on any atom is 0.259 e. The summed E-state index contributed by atoms with van der Waals surface area (Å²) < 4.78 is 5.35. The van der Waals surface area contributed by atoms with Crippen molar-refractivity contribution in [2.45, 2.75) is 6.92 Å². The van der Waals surface area contributed by atoms with E-state index in [-0.39, 0.29) is 11.7 Å². The van der Waals surface area contributed by atoms with E-state index in [0.29, 0.717) is 30.3 Å². The zero-order valence-corrected chi connectivity index (χ0v) is 13.0. The molecule has 0 saturated carbocycles. The van der Waals surface area contributed by atoms with Crippen LogP contribution in [0.15, 0.2) is 36.5 Å². The first-order chi connectivity index (χ1) is 11.1. The third-order valence-corrected chi connectivity index (χ3v) is 3.80. The van der Waals surface area contributed by atoms with Crippen LogP contribution in [0.5, 0.6) is 5.75 Å². The monoisotopic (exact) mass is 313 g/mol. The molecule has 1 aliphatic heterocycles. The summed E-state index contributed by atoms with van der Waals surface area (Å²) in [7, 11) is 0. The van der Waals surface area contributed by atoms with Crippen LogP contribution in [-0.2, 0) is 4.74 Å². The van der Waals surface area contributed by atoms with Gasteiger partial charge in [0, 0.05) is 25.0 Å². The molecule has 1 amide bonds. The number of ether oxygens (including phenoxy) is 1. The maximum absolute atomic E-state index is 12.6. The van der Waals surface area contributed by atoms with Crippen molar-refractivity contribution in [2.24, 2.45) is 0 Å². The normalized spacial score (nSPS) is 14.6. The third kappa shape index (κ3) is 3.43. The molecule has 23 heavy (non-hydrogen) atoms. The molecule has 0 spiro atoms. The molecule has 2 N–H and O–H groups in total. The van der Waals surface area contributed by atoms with Crippen LogP contribution >= 0.6 is 0 Å². The van der Waals surface area contributed by atoms with Gasteiger partial charge in [0.1, 0.15) is 11.6 Å². The quantitative estimate of drug-likeness (QED) is 0.850. The van der Waals surface area contributed by atoms with Crippen LogP contribution < -0.4 is 10.2 Å². The van der Waals surface area contributed by atoms with E-state index in [0.717, 1.165) is 18.7 Å². The standard InChI is InChI=1S/C17H19N3O3/c1-12-11-13(21)4-5-15(12)19-17(22)14-3-2-6-18-16(14)20-7-9-23-10-8-20/h2-6,11,21H,7-10H2,1H3,(H,19,22). The van der Waals surface area contributed by atoms with Crippen LogP contribution in [-0.4, -0.2) is 42.3 Å². The van der Waals surface area contributed by atoms with Gasteiger partial charge in [-0.1, -0.05) is 0 Å². The second-order valence-corrected chi connectivity index (χ2v) is 5.43. The fraction of sp³-hybridized carbons (Fsp3) is 0.294. The molecule has 1 aromatic heterocycles. The van der Waals surface area contributed by atoms with Crippen molar-refractivity contribution < 1.29 is 14.6 Å². The SMILES string of the molecule is Cc1cc(O)ccc1NC(=O)c1cccnc1N1CCOCC1. The lowest BCUT2D eigenvalue weighted by molar-refractivity contribution is 0.102. The zero-order valence-electron chi connectivity index (χ0n) is 13.0. The van der Waals surface area contributed by atoms with Crippen LogP contribution in [0, 0.1) is 6.92 Å². The van der Waals surface area contributed by atoms with Crippen LogP contribution in [0.4, 0.5) is 11.5 Å². The Morgan fingerprint density at radius 3 is 2.83 bits per heavy atom. The van der Waals surface area contributed by atoms with Crippen molar-refractivity contribution in [2.75, 3.05) is 36.5 Å². The van der Waals surface area contributed by atoms with Crippen molar-refractivity contribution >= 4 is 17.4 Å². The first-order valence-corrected chi connectivity index (χ1v) is 7.54. The van der Waals surface area contributed by atoms with E-state index in [1.54, 1.807) is 36.5 Å². The lowest BCUT2D eigenvalue weighted by atomic mass is 10.1. The lowest BCUT2D eigenvalue weighted by Crippen LogP contribution is -2.38. The van der Waals surface area contributed by atoms with Crippen molar-refractivity contribution in [3.05, 3.63) is 47.7 Å². The van der Waals surface area contributed by atoms with Crippen molar-refractivity contribution in [3.63, 3.8) is 0 Å². The first kappa shape index (κ1) is 15.3. The van der Waals surface area contributed by atoms with Crippen LogP contribution in [0.25, 0.3) is 0 Å². The Labute approximate surface area is 134 Å². The number of aromatic nitrogens is 1. The number of morpholine rings is 1. The number of rotatable bonds is 3. The number of carbonyl (C=O) groups excluding carboxylic acids is 1. The van der Waals surface area contributed by atoms with E-state index in [2.05, 4.69) is 15.2 Å². The van der Waals surface area contributed by atoms with Gasteiger partial charge in [0.25, 0.3) is 5.91 Å². The summed E-state index contributed by atoms with van der Waals surface area (Å²) in [5, 5.41) is 12.3. The second-order valence-electron chi connectivity index (χ2n) is 5.43. The largest absolute Gasteiger partial charge is 0.508 e. The number of nitrogens with zero attached hydrogens (tertiary/aromatic N) is 2. The number of amides is 1. The van der Waals surface area contributed by atoms with Gasteiger partial charge in [0.15, 0.2) is 0 Å². The summed E-state index contributed by atoms with van der Waals surface area (Å²) >= 11 is 0. The molecular formula is C17H19N3O3. The number of pyridine rings is 1. The van der Waals surface area contributed by atoms with Gasteiger partial charge in [-0.25, -0.2) is 4.98 Å². The zero-order chi connectivity index (χ0) is 16.2. The molecule has 0 atom stereocenters. The summed E-state index contributed by atoms with van der Waals surface area (Å²) in [4.78, 5) is 19.1. The highest BCUT2D eigenvalue weighted by molar-refractivity contribution is 6.07. The number of nitrogens with one attached hydrogen (secondary N) is 1. The number of anilines is 2. The fourth-order valence-electron chi connectivity index (χ4n) is 2.58. The average molecular weight is 313 g/mol. The van der Waals surface area contributed by atoms with Gasteiger partial charge >= 0.3 is 0 Å². The predicted octanol–water partition coefficient (Wildman–Crippen LogP) is 2.18. The van der Waals surface area contributed by atoms with E-state index in [9.17, 15) is 9.90 Å². The molecule has 1 aromatic carbocycles. The molecule has 1 aliphatic rings.